The molecule has 2 heterocycles. The van der Waals surface area contributed by atoms with Crippen LogP contribution < -0.4 is 9.47 Å². The number of carboxylic acids is 1. The zero-order chi connectivity index (χ0) is 12.7. The zero-order valence-corrected chi connectivity index (χ0v) is 9.38. The fraction of sp³-hybridized carbons (Fsp3) is 0.0833. The third-order valence-corrected chi connectivity index (χ3v) is 2.60. The quantitative estimate of drug-likeness (QED) is 0.707. The Morgan fingerprint density at radius 3 is 2.50 bits per heavy atom. The van der Waals surface area contributed by atoms with E-state index in [0.717, 1.165) is 0 Å². The van der Waals surface area contributed by atoms with Crippen molar-refractivity contribution in [2.75, 3.05) is 0 Å². The number of benzene rings is 1. The van der Waals surface area contributed by atoms with Gasteiger partial charge in [0.2, 0.25) is 0 Å². The Morgan fingerprint density at radius 2 is 1.83 bits per heavy atom. The minimum Gasteiger partial charge on any atom is -0.476 e. The molecular weight excluding hydrogens is 236 g/mol. The lowest BCUT2D eigenvalue weighted by Crippen LogP contribution is -2.10. The first kappa shape index (κ1) is 10.5. The lowest BCUT2D eigenvalue weighted by atomic mass is 10.2. The summed E-state index contributed by atoms with van der Waals surface area (Å²) in [6, 6.07) is 7.08. The molecule has 6 heteroatoms. The van der Waals surface area contributed by atoms with Crippen LogP contribution in [-0.4, -0.2) is 21.3 Å². The highest BCUT2D eigenvalue weighted by Gasteiger charge is 2.25. The van der Waals surface area contributed by atoms with Crippen molar-refractivity contribution in [3.05, 3.63) is 35.5 Å². The van der Waals surface area contributed by atoms with E-state index >= 15 is 0 Å². The topological polar surface area (TPSA) is 81.5 Å². The predicted molar refractivity (Wildman–Crippen MR) is 60.3 cm³/mol. The van der Waals surface area contributed by atoms with Crippen molar-refractivity contribution in [2.45, 2.75) is 6.92 Å². The highest BCUT2D eigenvalue weighted by atomic mass is 16.6. The molecule has 0 atom stereocenters. The molecule has 1 aliphatic heterocycles. The second kappa shape index (κ2) is 3.69. The maximum absolute atomic E-state index is 11.0. The number of ether oxygens (including phenoxy) is 2. The summed E-state index contributed by atoms with van der Waals surface area (Å²) in [6.45, 7) is 1.61. The first-order valence-electron chi connectivity index (χ1n) is 5.22. The van der Waals surface area contributed by atoms with Crippen molar-refractivity contribution < 1.29 is 19.4 Å². The SMILES string of the molecule is Cc1c(C(=O)O)nnc2c1Oc1ccccc1O2. The molecule has 0 unspecified atom stereocenters. The molecule has 1 aromatic carbocycles. The summed E-state index contributed by atoms with van der Waals surface area (Å²) in [4.78, 5) is 11.0. The normalized spacial score (nSPS) is 11.8. The van der Waals surface area contributed by atoms with Crippen molar-refractivity contribution >= 4 is 5.97 Å². The van der Waals surface area contributed by atoms with Gasteiger partial charge in [0.15, 0.2) is 22.9 Å². The van der Waals surface area contributed by atoms with Gasteiger partial charge < -0.3 is 14.6 Å². The van der Waals surface area contributed by atoms with E-state index in [0.29, 0.717) is 22.8 Å². The fourth-order valence-electron chi connectivity index (χ4n) is 1.71. The molecule has 1 aromatic heterocycles. The number of carbonyl (C=O) groups is 1. The Hall–Kier alpha value is -2.63. The molecule has 0 fully saturated rings. The molecule has 0 amide bonds. The van der Waals surface area contributed by atoms with Crippen molar-refractivity contribution in [3.8, 4) is 23.1 Å². The monoisotopic (exact) mass is 244 g/mol. The Labute approximate surface area is 102 Å². The number of aromatic carboxylic acids is 1. The highest BCUT2D eigenvalue weighted by Crippen LogP contribution is 2.45. The zero-order valence-electron chi connectivity index (χ0n) is 9.38. The van der Waals surface area contributed by atoms with Crippen LogP contribution in [0.25, 0.3) is 0 Å². The van der Waals surface area contributed by atoms with E-state index in [2.05, 4.69) is 10.2 Å². The van der Waals surface area contributed by atoms with Crippen molar-refractivity contribution in [1.82, 2.24) is 10.2 Å². The largest absolute Gasteiger partial charge is 0.476 e. The Kier molecular flexibility index (Phi) is 2.16. The number of hydrogen-bond donors (Lipinski definition) is 1. The van der Waals surface area contributed by atoms with Gasteiger partial charge in [-0.25, -0.2) is 4.79 Å². The second-order valence-corrected chi connectivity index (χ2v) is 3.76. The standard InChI is InChI=1S/C12H8N2O4/c1-6-9(12(15)16)13-14-11-10(6)17-7-4-2-3-5-8(7)18-11/h2-5H,1H3,(H,15,16). The molecule has 1 N–H and O–H groups in total. The van der Waals surface area contributed by atoms with Gasteiger partial charge in [-0.2, -0.15) is 0 Å². The number of hydrogen-bond acceptors (Lipinski definition) is 5. The summed E-state index contributed by atoms with van der Waals surface area (Å²) in [7, 11) is 0. The maximum atomic E-state index is 11.0. The molecule has 0 saturated heterocycles. The lowest BCUT2D eigenvalue weighted by Gasteiger charge is -2.20. The Balaban J connectivity index is 2.14. The van der Waals surface area contributed by atoms with E-state index in [4.69, 9.17) is 14.6 Å². The van der Waals surface area contributed by atoms with Crippen LogP contribution in [0.3, 0.4) is 0 Å². The summed E-state index contributed by atoms with van der Waals surface area (Å²) in [6.07, 6.45) is 0. The van der Waals surface area contributed by atoms with E-state index in [-0.39, 0.29) is 11.6 Å². The average molecular weight is 244 g/mol. The van der Waals surface area contributed by atoms with Crippen molar-refractivity contribution in [3.63, 3.8) is 0 Å². The summed E-state index contributed by atoms with van der Waals surface area (Å²) >= 11 is 0. The summed E-state index contributed by atoms with van der Waals surface area (Å²) < 4.78 is 11.1. The molecule has 90 valence electrons. The van der Waals surface area contributed by atoms with Gasteiger partial charge in [-0.15, -0.1) is 10.2 Å². The van der Waals surface area contributed by atoms with E-state index in [9.17, 15) is 4.79 Å². The number of aromatic nitrogens is 2. The van der Waals surface area contributed by atoms with Crippen LogP contribution in [0.4, 0.5) is 0 Å². The number of fused-ring (bicyclic) bond motifs is 2. The summed E-state index contributed by atoms with van der Waals surface area (Å²) in [5.41, 5.74) is 0.249. The average Bonchev–Trinajstić information content (AvgIpc) is 2.37. The van der Waals surface area contributed by atoms with Gasteiger partial charge in [-0.1, -0.05) is 12.1 Å². The number of rotatable bonds is 1. The number of carboxylic acid groups (broad SMARTS) is 1. The van der Waals surface area contributed by atoms with Gasteiger partial charge in [0, 0.05) is 5.56 Å². The second-order valence-electron chi connectivity index (χ2n) is 3.76. The maximum Gasteiger partial charge on any atom is 0.356 e. The number of nitrogens with zero attached hydrogens (tertiary/aromatic N) is 2. The smallest absolute Gasteiger partial charge is 0.356 e. The van der Waals surface area contributed by atoms with Gasteiger partial charge >= 0.3 is 5.97 Å². The molecule has 18 heavy (non-hydrogen) atoms. The molecule has 2 aromatic rings. The molecule has 1 aliphatic rings. The highest BCUT2D eigenvalue weighted by molar-refractivity contribution is 5.88. The van der Waals surface area contributed by atoms with Crippen LogP contribution in [0.2, 0.25) is 0 Å². The van der Waals surface area contributed by atoms with Crippen LogP contribution >= 0.6 is 0 Å². The molecule has 6 nitrogen and oxygen atoms in total. The predicted octanol–water partition coefficient (Wildman–Crippen LogP) is 2.38. The first-order chi connectivity index (χ1) is 8.66. The molecule has 0 radical (unpaired) electrons. The van der Waals surface area contributed by atoms with E-state index in [1.54, 1.807) is 31.2 Å². The van der Waals surface area contributed by atoms with E-state index in [1.165, 1.54) is 0 Å². The minimum absolute atomic E-state index is 0.142. The van der Waals surface area contributed by atoms with Gasteiger partial charge in [0.1, 0.15) is 0 Å². The molecule has 0 saturated carbocycles. The summed E-state index contributed by atoms with van der Waals surface area (Å²) in [5.74, 6) is 0.377. The molecule has 0 spiro atoms. The van der Waals surface area contributed by atoms with Crippen LogP contribution in [0.1, 0.15) is 16.1 Å². The molecular formula is C12H8N2O4. The Morgan fingerprint density at radius 1 is 1.17 bits per heavy atom. The minimum atomic E-state index is -1.15. The van der Waals surface area contributed by atoms with Crippen LogP contribution in [-0.2, 0) is 0 Å². The summed E-state index contributed by atoms with van der Waals surface area (Å²) in [5, 5.41) is 16.3. The fourth-order valence-corrected chi connectivity index (χ4v) is 1.71. The van der Waals surface area contributed by atoms with Gasteiger partial charge in [-0.05, 0) is 19.1 Å². The van der Waals surface area contributed by atoms with Crippen LogP contribution in [0.15, 0.2) is 24.3 Å². The molecule has 3 rings (SSSR count). The first-order valence-corrected chi connectivity index (χ1v) is 5.22. The van der Waals surface area contributed by atoms with E-state index in [1.807, 2.05) is 0 Å². The lowest BCUT2D eigenvalue weighted by molar-refractivity contribution is 0.0687. The van der Waals surface area contributed by atoms with Crippen molar-refractivity contribution in [1.29, 1.82) is 0 Å². The van der Waals surface area contributed by atoms with Gasteiger partial charge in [-0.3, -0.25) is 0 Å². The van der Waals surface area contributed by atoms with Crippen LogP contribution in [0, 0.1) is 6.92 Å². The molecule has 0 bridgehead atoms. The van der Waals surface area contributed by atoms with Crippen molar-refractivity contribution in [2.24, 2.45) is 0 Å². The number of para-hydroxylation sites is 2. The van der Waals surface area contributed by atoms with E-state index < -0.39 is 5.97 Å². The third kappa shape index (κ3) is 1.46. The van der Waals surface area contributed by atoms with Crippen LogP contribution in [0.5, 0.6) is 23.1 Å². The Bertz CT molecular complexity index is 655. The molecule has 0 aliphatic carbocycles. The van der Waals surface area contributed by atoms with Gasteiger partial charge in [0.05, 0.1) is 0 Å². The third-order valence-electron chi connectivity index (χ3n) is 2.60. The van der Waals surface area contributed by atoms with Gasteiger partial charge in [0.25, 0.3) is 5.88 Å².